The predicted octanol–water partition coefficient (Wildman–Crippen LogP) is 4.60. The molecule has 0 atom stereocenters. The number of benzene rings is 3. The Balaban J connectivity index is 1.59. The van der Waals surface area contributed by atoms with E-state index in [4.69, 9.17) is 0 Å². The topological polar surface area (TPSA) is 54.9 Å². The van der Waals surface area contributed by atoms with Crippen LogP contribution >= 0.6 is 0 Å². The van der Waals surface area contributed by atoms with Gasteiger partial charge in [-0.05, 0) is 36.4 Å². The molecular weight excluding hydrogens is 310 g/mol. The van der Waals surface area contributed by atoms with Crippen molar-refractivity contribution in [3.05, 3.63) is 96.3 Å². The Morgan fingerprint density at radius 1 is 0.720 bits per heavy atom. The fraction of sp³-hybridized carbons (Fsp3) is 0. The van der Waals surface area contributed by atoms with Crippen LogP contribution in [0.15, 0.2) is 85.2 Å². The van der Waals surface area contributed by atoms with E-state index >= 15 is 0 Å². The number of rotatable bonds is 4. The first kappa shape index (κ1) is 15.0. The molecule has 0 aliphatic carbocycles. The van der Waals surface area contributed by atoms with Gasteiger partial charge in [0.25, 0.3) is 0 Å². The van der Waals surface area contributed by atoms with E-state index in [1.807, 2.05) is 78.9 Å². The second-order valence-corrected chi connectivity index (χ2v) is 5.64. The van der Waals surface area contributed by atoms with E-state index in [1.165, 1.54) is 6.33 Å². The van der Waals surface area contributed by atoms with E-state index < -0.39 is 0 Å². The lowest BCUT2D eigenvalue weighted by Crippen LogP contribution is -2.01. The molecule has 4 nitrogen and oxygen atoms in total. The third kappa shape index (κ3) is 3.10. The molecule has 0 fully saturated rings. The van der Waals surface area contributed by atoms with Gasteiger partial charge < -0.3 is 5.32 Å². The molecule has 4 heteroatoms. The van der Waals surface area contributed by atoms with Gasteiger partial charge in [-0.25, -0.2) is 9.97 Å². The van der Waals surface area contributed by atoms with Crippen LogP contribution in [0.25, 0.3) is 10.9 Å². The Morgan fingerprint density at radius 2 is 1.40 bits per heavy atom. The summed E-state index contributed by atoms with van der Waals surface area (Å²) in [6, 6.07) is 24.5. The zero-order valence-corrected chi connectivity index (χ0v) is 13.4. The summed E-state index contributed by atoms with van der Waals surface area (Å²) in [6.07, 6.45) is 1.54. The molecule has 0 radical (unpaired) electrons. The molecule has 3 aromatic carbocycles. The maximum atomic E-state index is 12.4. The van der Waals surface area contributed by atoms with E-state index in [0.717, 1.165) is 22.4 Å². The van der Waals surface area contributed by atoms with Crippen molar-refractivity contribution < 1.29 is 4.79 Å². The SMILES string of the molecule is O=C(c1ccccc1)c1ccc(Nc2ncnc3ccccc23)cc1. The van der Waals surface area contributed by atoms with Crippen molar-refractivity contribution in [3.8, 4) is 0 Å². The summed E-state index contributed by atoms with van der Waals surface area (Å²) in [6.45, 7) is 0. The van der Waals surface area contributed by atoms with Gasteiger partial charge in [-0.3, -0.25) is 4.79 Å². The molecule has 4 rings (SSSR count). The van der Waals surface area contributed by atoms with Crippen molar-refractivity contribution >= 4 is 28.2 Å². The van der Waals surface area contributed by atoms with Crippen LogP contribution < -0.4 is 5.32 Å². The maximum Gasteiger partial charge on any atom is 0.193 e. The van der Waals surface area contributed by atoms with Crippen LogP contribution in [0, 0.1) is 0 Å². The summed E-state index contributed by atoms with van der Waals surface area (Å²) in [7, 11) is 0. The molecule has 0 saturated carbocycles. The second kappa shape index (κ2) is 6.53. The average Bonchev–Trinajstić information content (AvgIpc) is 2.69. The van der Waals surface area contributed by atoms with Crippen LogP contribution in [0.4, 0.5) is 11.5 Å². The largest absolute Gasteiger partial charge is 0.340 e. The Labute approximate surface area is 145 Å². The molecule has 1 aromatic heterocycles. The zero-order chi connectivity index (χ0) is 17.1. The molecule has 0 aliphatic rings. The van der Waals surface area contributed by atoms with Crippen LogP contribution in [-0.2, 0) is 0 Å². The average molecular weight is 325 g/mol. The summed E-state index contributed by atoms with van der Waals surface area (Å²) in [5.41, 5.74) is 3.10. The van der Waals surface area contributed by atoms with Crippen LogP contribution in [-0.4, -0.2) is 15.8 Å². The number of aromatic nitrogens is 2. The Bertz CT molecular complexity index is 1020. The van der Waals surface area contributed by atoms with Crippen LogP contribution in [0.1, 0.15) is 15.9 Å². The van der Waals surface area contributed by atoms with Gasteiger partial charge in [0.2, 0.25) is 0 Å². The second-order valence-electron chi connectivity index (χ2n) is 5.64. The van der Waals surface area contributed by atoms with E-state index in [1.54, 1.807) is 0 Å². The van der Waals surface area contributed by atoms with Gasteiger partial charge in [-0.15, -0.1) is 0 Å². The number of ketones is 1. The number of carbonyl (C=O) groups is 1. The Kier molecular flexibility index (Phi) is 3.92. The van der Waals surface area contributed by atoms with Gasteiger partial charge in [0, 0.05) is 22.2 Å². The standard InChI is InChI=1S/C21H15N3O/c25-20(15-6-2-1-3-7-15)16-10-12-17(13-11-16)24-21-18-8-4-5-9-19(18)22-14-23-21/h1-14H,(H,22,23,24). The number of hydrogen-bond acceptors (Lipinski definition) is 4. The minimum absolute atomic E-state index is 0.0136. The van der Waals surface area contributed by atoms with Gasteiger partial charge in [-0.2, -0.15) is 0 Å². The van der Waals surface area contributed by atoms with Gasteiger partial charge in [0.15, 0.2) is 5.78 Å². The molecule has 0 saturated heterocycles. The fourth-order valence-electron chi connectivity index (χ4n) is 2.70. The molecule has 1 heterocycles. The molecule has 4 aromatic rings. The maximum absolute atomic E-state index is 12.4. The molecule has 0 bridgehead atoms. The van der Waals surface area contributed by atoms with Crippen LogP contribution in [0.3, 0.4) is 0 Å². The molecule has 0 spiro atoms. The monoisotopic (exact) mass is 325 g/mol. The molecule has 0 aliphatic heterocycles. The van der Waals surface area contributed by atoms with E-state index in [0.29, 0.717) is 11.1 Å². The molecule has 25 heavy (non-hydrogen) atoms. The first-order valence-electron chi connectivity index (χ1n) is 7.98. The number of carbonyl (C=O) groups excluding carboxylic acids is 1. The van der Waals surface area contributed by atoms with Crippen LogP contribution in [0.2, 0.25) is 0 Å². The van der Waals surface area contributed by atoms with Crippen molar-refractivity contribution in [3.63, 3.8) is 0 Å². The van der Waals surface area contributed by atoms with Crippen molar-refractivity contribution in [1.82, 2.24) is 9.97 Å². The fourth-order valence-corrected chi connectivity index (χ4v) is 2.70. The number of anilines is 2. The highest BCUT2D eigenvalue weighted by Crippen LogP contribution is 2.23. The summed E-state index contributed by atoms with van der Waals surface area (Å²) in [5.74, 6) is 0.757. The lowest BCUT2D eigenvalue weighted by atomic mass is 10.0. The molecular formula is C21H15N3O. The number of nitrogens with one attached hydrogen (secondary N) is 1. The van der Waals surface area contributed by atoms with Crippen molar-refractivity contribution in [2.45, 2.75) is 0 Å². The molecule has 120 valence electrons. The first-order chi connectivity index (χ1) is 12.3. The van der Waals surface area contributed by atoms with Gasteiger partial charge in [-0.1, -0.05) is 42.5 Å². The minimum atomic E-state index is 0.0136. The first-order valence-corrected chi connectivity index (χ1v) is 7.98. The van der Waals surface area contributed by atoms with E-state index in [-0.39, 0.29) is 5.78 Å². The van der Waals surface area contributed by atoms with Crippen molar-refractivity contribution in [1.29, 1.82) is 0 Å². The van der Waals surface area contributed by atoms with Gasteiger partial charge >= 0.3 is 0 Å². The minimum Gasteiger partial charge on any atom is -0.340 e. The highest BCUT2D eigenvalue weighted by molar-refractivity contribution is 6.09. The number of hydrogen-bond donors (Lipinski definition) is 1. The van der Waals surface area contributed by atoms with Crippen LogP contribution in [0.5, 0.6) is 0 Å². The van der Waals surface area contributed by atoms with Crippen molar-refractivity contribution in [2.75, 3.05) is 5.32 Å². The third-order valence-electron chi connectivity index (χ3n) is 3.99. The zero-order valence-electron chi connectivity index (χ0n) is 13.4. The number of nitrogens with zero attached hydrogens (tertiary/aromatic N) is 2. The summed E-state index contributed by atoms with van der Waals surface area (Å²) >= 11 is 0. The number of para-hydroxylation sites is 1. The van der Waals surface area contributed by atoms with Gasteiger partial charge in [0.1, 0.15) is 12.1 Å². The summed E-state index contributed by atoms with van der Waals surface area (Å²) in [4.78, 5) is 21.0. The number of fused-ring (bicyclic) bond motifs is 1. The molecule has 1 N–H and O–H groups in total. The third-order valence-corrected chi connectivity index (χ3v) is 3.99. The lowest BCUT2D eigenvalue weighted by Gasteiger charge is -2.09. The Morgan fingerprint density at radius 3 is 2.20 bits per heavy atom. The highest BCUT2D eigenvalue weighted by Gasteiger charge is 2.09. The highest BCUT2D eigenvalue weighted by atomic mass is 16.1. The summed E-state index contributed by atoms with van der Waals surface area (Å²) in [5, 5.41) is 4.24. The molecule has 0 amide bonds. The smallest absolute Gasteiger partial charge is 0.193 e. The summed E-state index contributed by atoms with van der Waals surface area (Å²) < 4.78 is 0. The molecule has 0 unspecified atom stereocenters. The normalized spacial score (nSPS) is 10.6. The predicted molar refractivity (Wildman–Crippen MR) is 99.1 cm³/mol. The van der Waals surface area contributed by atoms with E-state index in [2.05, 4.69) is 15.3 Å². The van der Waals surface area contributed by atoms with Crippen molar-refractivity contribution in [2.24, 2.45) is 0 Å². The quantitative estimate of drug-likeness (QED) is 0.557. The Hall–Kier alpha value is -3.53. The lowest BCUT2D eigenvalue weighted by molar-refractivity contribution is 0.103. The van der Waals surface area contributed by atoms with E-state index in [9.17, 15) is 4.79 Å². The van der Waals surface area contributed by atoms with Gasteiger partial charge in [0.05, 0.1) is 5.52 Å².